The zero-order chi connectivity index (χ0) is 15.5. The molecule has 0 aliphatic heterocycles. The van der Waals surface area contributed by atoms with Gasteiger partial charge in [-0.2, -0.15) is 0 Å². The van der Waals surface area contributed by atoms with Gasteiger partial charge in [0.15, 0.2) is 5.65 Å². The van der Waals surface area contributed by atoms with Gasteiger partial charge in [0.05, 0.1) is 16.6 Å². The van der Waals surface area contributed by atoms with Crippen LogP contribution in [-0.4, -0.2) is 44.2 Å². The van der Waals surface area contributed by atoms with Gasteiger partial charge in [-0.05, 0) is 37.1 Å². The molecule has 0 saturated carbocycles. The minimum Gasteiger partial charge on any atom is -0.507 e. The van der Waals surface area contributed by atoms with Gasteiger partial charge in [-0.1, -0.05) is 31.5 Å². The van der Waals surface area contributed by atoms with Crippen molar-refractivity contribution in [2.45, 2.75) is 26.2 Å². The number of hydrogen-bond acceptors (Lipinski definition) is 3. The number of nitrogens with zero attached hydrogens (tertiary/aromatic N) is 2. The topological polar surface area (TPSA) is 55.1 Å². The van der Waals surface area contributed by atoms with Crippen LogP contribution in [-0.2, 0) is 6.42 Å². The Morgan fingerprint density at radius 1 is 1.13 bits per heavy atom. The van der Waals surface area contributed by atoms with E-state index in [1.54, 1.807) is 22.9 Å². The molecule has 1 aromatic carbocycles. The van der Waals surface area contributed by atoms with Gasteiger partial charge in [-0.25, -0.2) is 4.98 Å². The van der Waals surface area contributed by atoms with Gasteiger partial charge < -0.3 is 5.11 Å². The molecule has 4 nitrogen and oxygen atoms in total. The van der Waals surface area contributed by atoms with E-state index in [0.717, 1.165) is 18.5 Å². The molecule has 0 aliphatic rings. The van der Waals surface area contributed by atoms with Crippen molar-refractivity contribution < 1.29 is 5.11 Å². The van der Waals surface area contributed by atoms with Crippen LogP contribution in [0.5, 0.6) is 5.75 Å². The molecule has 1 radical (unpaired) electrons. The van der Waals surface area contributed by atoms with E-state index < -0.39 is 0 Å². The summed E-state index contributed by atoms with van der Waals surface area (Å²) in [4.78, 5) is 17.2. The first kappa shape index (κ1) is 17.7. The minimum absolute atomic E-state index is 0. The van der Waals surface area contributed by atoms with Gasteiger partial charge in [0.1, 0.15) is 5.75 Å². The fourth-order valence-electron chi connectivity index (χ4n) is 2.65. The van der Waals surface area contributed by atoms with Crippen LogP contribution in [0.3, 0.4) is 0 Å². The van der Waals surface area contributed by atoms with E-state index in [1.807, 2.05) is 30.3 Å². The van der Waals surface area contributed by atoms with Crippen LogP contribution in [0.15, 0.2) is 53.5 Å². The summed E-state index contributed by atoms with van der Waals surface area (Å²) in [6, 6.07) is 13.0. The maximum atomic E-state index is 12.9. The molecular formula is C18H18N2NaO2. The van der Waals surface area contributed by atoms with E-state index in [-0.39, 0.29) is 40.9 Å². The normalized spacial score (nSPS) is 10.5. The number of fused-ring (bicyclic) bond motifs is 1. The molecule has 1 N–H and O–H groups in total. The van der Waals surface area contributed by atoms with Crippen molar-refractivity contribution in [2.75, 3.05) is 0 Å². The summed E-state index contributed by atoms with van der Waals surface area (Å²) in [6.07, 6.45) is 4.03. The number of para-hydroxylation sites is 1. The standard InChI is InChI=1S/C18H18N2O2.Na/c1-2-3-10-15-16(21)14-11-7-12-19-17(14)20(18(15)22)13-8-5-4-6-9-13;/h4-9,11-12,21H,2-3,10H2,1H3;. The molecule has 0 amide bonds. The Kier molecular flexibility index (Phi) is 5.99. The molecule has 0 unspecified atom stereocenters. The average molecular weight is 317 g/mol. The Balaban J connectivity index is 0.00000192. The van der Waals surface area contributed by atoms with Gasteiger partial charge in [-0.15, -0.1) is 0 Å². The zero-order valence-electron chi connectivity index (χ0n) is 13.5. The Hall–Kier alpha value is -1.62. The SMILES string of the molecule is CCCCc1c(O)c2cccnc2n(-c2ccccc2)c1=O.[Na]. The number of aromatic nitrogens is 2. The van der Waals surface area contributed by atoms with Gasteiger partial charge in [0.2, 0.25) is 0 Å². The van der Waals surface area contributed by atoms with Crippen LogP contribution >= 0.6 is 0 Å². The third kappa shape index (κ3) is 3.34. The van der Waals surface area contributed by atoms with E-state index >= 15 is 0 Å². The average Bonchev–Trinajstić information content (AvgIpc) is 2.56. The Morgan fingerprint density at radius 3 is 2.57 bits per heavy atom. The summed E-state index contributed by atoms with van der Waals surface area (Å²) >= 11 is 0. The molecule has 0 spiro atoms. The zero-order valence-corrected chi connectivity index (χ0v) is 15.5. The first-order valence-corrected chi connectivity index (χ1v) is 7.51. The monoisotopic (exact) mass is 317 g/mol. The molecule has 2 aromatic heterocycles. The van der Waals surface area contributed by atoms with Gasteiger partial charge in [0, 0.05) is 35.8 Å². The van der Waals surface area contributed by atoms with Crippen molar-refractivity contribution >= 4 is 40.6 Å². The van der Waals surface area contributed by atoms with Gasteiger partial charge in [-0.3, -0.25) is 9.36 Å². The number of rotatable bonds is 4. The fourth-order valence-corrected chi connectivity index (χ4v) is 2.65. The van der Waals surface area contributed by atoms with Crippen molar-refractivity contribution in [3.8, 4) is 11.4 Å². The smallest absolute Gasteiger partial charge is 0.263 e. The first-order chi connectivity index (χ1) is 10.7. The molecule has 0 saturated heterocycles. The van der Waals surface area contributed by atoms with Crippen molar-refractivity contribution in [3.05, 3.63) is 64.6 Å². The second-order valence-corrected chi connectivity index (χ2v) is 5.28. The molecular weight excluding hydrogens is 299 g/mol. The largest absolute Gasteiger partial charge is 0.507 e. The molecule has 2 heterocycles. The number of hydrogen-bond donors (Lipinski definition) is 1. The first-order valence-electron chi connectivity index (χ1n) is 7.51. The maximum absolute atomic E-state index is 12.9. The van der Waals surface area contributed by atoms with E-state index in [1.165, 1.54) is 0 Å². The number of benzene rings is 1. The molecule has 3 aromatic rings. The Morgan fingerprint density at radius 2 is 1.87 bits per heavy atom. The van der Waals surface area contributed by atoms with Crippen LogP contribution in [0.2, 0.25) is 0 Å². The number of pyridine rings is 2. The quantitative estimate of drug-likeness (QED) is 0.753. The predicted molar refractivity (Wildman–Crippen MR) is 93.4 cm³/mol. The summed E-state index contributed by atoms with van der Waals surface area (Å²) in [7, 11) is 0. The van der Waals surface area contributed by atoms with Crippen molar-refractivity contribution in [2.24, 2.45) is 0 Å². The molecule has 5 heteroatoms. The summed E-state index contributed by atoms with van der Waals surface area (Å²) < 4.78 is 1.58. The minimum atomic E-state index is -0.191. The van der Waals surface area contributed by atoms with Crippen LogP contribution in [0.1, 0.15) is 25.3 Å². The van der Waals surface area contributed by atoms with Gasteiger partial charge in [0.25, 0.3) is 5.56 Å². The molecule has 0 fully saturated rings. The molecule has 23 heavy (non-hydrogen) atoms. The maximum Gasteiger partial charge on any atom is 0.263 e. The van der Waals surface area contributed by atoms with Crippen LogP contribution in [0, 0.1) is 0 Å². The van der Waals surface area contributed by atoms with Gasteiger partial charge >= 0.3 is 0 Å². The summed E-state index contributed by atoms with van der Waals surface area (Å²) in [5.74, 6) is 0.0636. The molecule has 113 valence electrons. The van der Waals surface area contributed by atoms with E-state index in [9.17, 15) is 9.90 Å². The van der Waals surface area contributed by atoms with Crippen molar-refractivity contribution in [3.63, 3.8) is 0 Å². The summed E-state index contributed by atoms with van der Waals surface area (Å²) in [5, 5.41) is 11.1. The molecule has 0 aliphatic carbocycles. The Bertz CT molecular complexity index is 860. The van der Waals surface area contributed by atoms with E-state index in [0.29, 0.717) is 23.0 Å². The molecule has 0 bridgehead atoms. The van der Waals surface area contributed by atoms with Crippen LogP contribution in [0.25, 0.3) is 16.7 Å². The number of aromatic hydroxyl groups is 1. The van der Waals surface area contributed by atoms with E-state index in [2.05, 4.69) is 11.9 Å². The van der Waals surface area contributed by atoms with Crippen molar-refractivity contribution in [1.82, 2.24) is 9.55 Å². The van der Waals surface area contributed by atoms with Crippen molar-refractivity contribution in [1.29, 1.82) is 0 Å². The predicted octanol–water partition coefficient (Wildman–Crippen LogP) is 3.05. The number of unbranched alkanes of at least 4 members (excludes halogenated alkanes) is 1. The second kappa shape index (κ2) is 7.77. The summed E-state index contributed by atoms with van der Waals surface area (Å²) in [5.41, 5.74) is 1.51. The van der Waals surface area contributed by atoms with E-state index in [4.69, 9.17) is 0 Å². The molecule has 0 atom stereocenters. The molecule has 3 rings (SSSR count). The van der Waals surface area contributed by atoms with Crippen LogP contribution < -0.4 is 5.56 Å². The fraction of sp³-hybridized carbons (Fsp3) is 0.222. The second-order valence-electron chi connectivity index (χ2n) is 5.28. The third-order valence-electron chi connectivity index (χ3n) is 3.80. The van der Waals surface area contributed by atoms with Crippen LogP contribution in [0.4, 0.5) is 0 Å². The summed E-state index contributed by atoms with van der Waals surface area (Å²) in [6.45, 7) is 2.06. The third-order valence-corrected chi connectivity index (χ3v) is 3.80. The Labute approximate surface area is 157 Å².